The summed E-state index contributed by atoms with van der Waals surface area (Å²) in [6.07, 6.45) is 3.73. The van der Waals surface area contributed by atoms with Gasteiger partial charge < -0.3 is 4.90 Å². The van der Waals surface area contributed by atoms with Crippen LogP contribution in [-0.2, 0) is 6.42 Å². The number of aromatic nitrogens is 2. The smallest absolute Gasteiger partial charge is 0.332 e. The Hall–Kier alpha value is -2.30. The predicted octanol–water partition coefficient (Wildman–Crippen LogP) is 0.908. The summed E-state index contributed by atoms with van der Waals surface area (Å²) in [4.78, 5) is 27.3. The predicted molar refractivity (Wildman–Crippen MR) is 74.3 cm³/mol. The van der Waals surface area contributed by atoms with Crippen LogP contribution in [0.5, 0.6) is 0 Å². The molecule has 5 heteroatoms. The molecule has 3 rings (SSSR count). The molecule has 0 atom stereocenters. The Balaban J connectivity index is 2.14. The fourth-order valence-electron chi connectivity index (χ4n) is 2.52. The summed E-state index contributed by atoms with van der Waals surface area (Å²) in [5.74, 6) is 0. The van der Waals surface area contributed by atoms with Crippen molar-refractivity contribution in [2.24, 2.45) is 0 Å². The third-order valence-corrected chi connectivity index (χ3v) is 3.52. The molecule has 0 unspecified atom stereocenters. The fraction of sp³-hybridized carbons (Fsp3) is 0.286. The zero-order valence-electron chi connectivity index (χ0n) is 10.7. The number of nitrogens with one attached hydrogen (secondary N) is 1. The van der Waals surface area contributed by atoms with Crippen LogP contribution in [0.1, 0.15) is 12.0 Å². The van der Waals surface area contributed by atoms with E-state index < -0.39 is 5.69 Å². The van der Waals surface area contributed by atoms with Gasteiger partial charge in [-0.05, 0) is 30.5 Å². The summed E-state index contributed by atoms with van der Waals surface area (Å²) in [7, 11) is 2.05. The number of hydrogen-bond acceptors (Lipinski definition) is 3. The van der Waals surface area contributed by atoms with Gasteiger partial charge in [-0.2, -0.15) is 0 Å². The lowest BCUT2D eigenvalue weighted by molar-refractivity contribution is 0.743. The van der Waals surface area contributed by atoms with E-state index >= 15 is 0 Å². The minimum absolute atomic E-state index is 0.378. The van der Waals surface area contributed by atoms with E-state index in [9.17, 15) is 9.59 Å². The lowest BCUT2D eigenvalue weighted by Gasteiger charge is -2.28. The quantitative estimate of drug-likeness (QED) is 0.826. The van der Waals surface area contributed by atoms with Gasteiger partial charge in [0.1, 0.15) is 0 Å². The summed E-state index contributed by atoms with van der Waals surface area (Å²) >= 11 is 0. The first-order chi connectivity index (χ1) is 9.15. The molecule has 1 N–H and O–H groups in total. The molecule has 1 aromatic carbocycles. The number of rotatable bonds is 1. The maximum atomic E-state index is 11.8. The Morgan fingerprint density at radius 3 is 2.84 bits per heavy atom. The van der Waals surface area contributed by atoms with E-state index in [2.05, 4.69) is 23.0 Å². The first kappa shape index (κ1) is 11.8. The fourth-order valence-corrected chi connectivity index (χ4v) is 2.52. The highest BCUT2D eigenvalue weighted by molar-refractivity contribution is 5.60. The second-order valence-electron chi connectivity index (χ2n) is 4.82. The summed E-state index contributed by atoms with van der Waals surface area (Å²) < 4.78 is 1.45. The number of H-pyrrole nitrogens is 1. The molecule has 98 valence electrons. The molecular weight excluding hydrogens is 242 g/mol. The molecule has 0 bridgehead atoms. The molecule has 0 amide bonds. The molecule has 19 heavy (non-hydrogen) atoms. The summed E-state index contributed by atoms with van der Waals surface area (Å²) in [5.41, 5.74) is 2.44. The topological polar surface area (TPSA) is 58.1 Å². The van der Waals surface area contributed by atoms with Crippen LogP contribution in [0.2, 0.25) is 0 Å². The van der Waals surface area contributed by atoms with Crippen molar-refractivity contribution in [3.8, 4) is 5.69 Å². The highest BCUT2D eigenvalue weighted by atomic mass is 16.2. The molecule has 0 radical (unpaired) electrons. The Morgan fingerprint density at radius 2 is 2.05 bits per heavy atom. The van der Waals surface area contributed by atoms with Crippen molar-refractivity contribution in [1.29, 1.82) is 0 Å². The van der Waals surface area contributed by atoms with Crippen LogP contribution in [0.3, 0.4) is 0 Å². The zero-order chi connectivity index (χ0) is 13.4. The van der Waals surface area contributed by atoms with Crippen LogP contribution in [0.15, 0.2) is 40.1 Å². The minimum atomic E-state index is -0.411. The SMILES string of the molecule is CN1CCCc2ccc(-n3ccc(=O)[nH]c3=O)cc21. The molecule has 0 aliphatic carbocycles. The normalized spacial score (nSPS) is 14.3. The van der Waals surface area contributed by atoms with E-state index in [1.54, 1.807) is 0 Å². The van der Waals surface area contributed by atoms with Gasteiger partial charge in [0.05, 0.1) is 5.69 Å². The second kappa shape index (κ2) is 4.42. The zero-order valence-corrected chi connectivity index (χ0v) is 10.7. The monoisotopic (exact) mass is 257 g/mol. The van der Waals surface area contributed by atoms with Crippen molar-refractivity contribution >= 4 is 5.69 Å². The Kier molecular flexibility index (Phi) is 2.74. The van der Waals surface area contributed by atoms with Crippen molar-refractivity contribution < 1.29 is 0 Å². The third kappa shape index (κ3) is 2.07. The molecule has 2 aromatic rings. The maximum absolute atomic E-state index is 11.8. The maximum Gasteiger partial charge on any atom is 0.332 e. The number of hydrogen-bond donors (Lipinski definition) is 1. The van der Waals surface area contributed by atoms with E-state index in [4.69, 9.17) is 0 Å². The molecule has 2 heterocycles. The minimum Gasteiger partial charge on any atom is -0.374 e. The van der Waals surface area contributed by atoms with E-state index in [1.807, 2.05) is 12.1 Å². The highest BCUT2D eigenvalue weighted by Gasteiger charge is 2.14. The number of fused-ring (bicyclic) bond motifs is 1. The first-order valence-electron chi connectivity index (χ1n) is 6.31. The van der Waals surface area contributed by atoms with Crippen molar-refractivity contribution in [3.05, 3.63) is 56.9 Å². The van der Waals surface area contributed by atoms with Crippen LogP contribution in [-0.4, -0.2) is 23.1 Å². The molecule has 0 saturated heterocycles. The van der Waals surface area contributed by atoms with Gasteiger partial charge in [0, 0.05) is 31.5 Å². The van der Waals surface area contributed by atoms with Gasteiger partial charge in [-0.25, -0.2) is 4.79 Å². The Labute approximate surface area is 110 Å². The van der Waals surface area contributed by atoms with Crippen molar-refractivity contribution in [2.75, 3.05) is 18.5 Å². The van der Waals surface area contributed by atoms with Gasteiger partial charge in [-0.1, -0.05) is 6.07 Å². The van der Waals surface area contributed by atoms with Crippen LogP contribution >= 0.6 is 0 Å². The molecular formula is C14H15N3O2. The van der Waals surface area contributed by atoms with E-state index in [0.717, 1.165) is 30.8 Å². The summed E-state index contributed by atoms with van der Waals surface area (Å²) in [6, 6.07) is 7.31. The van der Waals surface area contributed by atoms with E-state index in [1.165, 1.54) is 22.4 Å². The number of aromatic amines is 1. The summed E-state index contributed by atoms with van der Waals surface area (Å²) in [6.45, 7) is 1.02. The van der Waals surface area contributed by atoms with Gasteiger partial charge in [-0.3, -0.25) is 14.3 Å². The molecule has 1 aliphatic rings. The van der Waals surface area contributed by atoms with Crippen LogP contribution < -0.4 is 16.1 Å². The largest absolute Gasteiger partial charge is 0.374 e. The second-order valence-corrected chi connectivity index (χ2v) is 4.82. The van der Waals surface area contributed by atoms with Gasteiger partial charge in [-0.15, -0.1) is 0 Å². The van der Waals surface area contributed by atoms with Gasteiger partial charge in [0.25, 0.3) is 5.56 Å². The third-order valence-electron chi connectivity index (χ3n) is 3.52. The average Bonchev–Trinajstić information content (AvgIpc) is 2.39. The standard InChI is InChI=1S/C14H15N3O2/c1-16-7-2-3-10-4-5-11(9-12(10)16)17-8-6-13(18)15-14(17)19/h4-6,8-9H,2-3,7H2,1H3,(H,15,18,19). The molecule has 0 fully saturated rings. The number of anilines is 1. The lowest BCUT2D eigenvalue weighted by atomic mass is 10.0. The van der Waals surface area contributed by atoms with Gasteiger partial charge in [0.15, 0.2) is 0 Å². The van der Waals surface area contributed by atoms with Crippen molar-refractivity contribution in [2.45, 2.75) is 12.8 Å². The molecule has 0 saturated carbocycles. The number of nitrogens with zero attached hydrogens (tertiary/aromatic N) is 2. The van der Waals surface area contributed by atoms with E-state index in [-0.39, 0.29) is 5.56 Å². The highest BCUT2D eigenvalue weighted by Crippen LogP contribution is 2.27. The van der Waals surface area contributed by atoms with E-state index in [0.29, 0.717) is 0 Å². The van der Waals surface area contributed by atoms with Crippen molar-refractivity contribution in [1.82, 2.24) is 9.55 Å². The van der Waals surface area contributed by atoms with Crippen LogP contribution in [0, 0.1) is 0 Å². The summed E-state index contributed by atoms with van der Waals surface area (Å²) in [5, 5.41) is 0. The first-order valence-corrected chi connectivity index (χ1v) is 6.31. The number of benzene rings is 1. The lowest BCUT2D eigenvalue weighted by Crippen LogP contribution is -2.28. The Morgan fingerprint density at radius 1 is 1.21 bits per heavy atom. The molecule has 5 nitrogen and oxygen atoms in total. The average molecular weight is 257 g/mol. The van der Waals surface area contributed by atoms with Crippen molar-refractivity contribution in [3.63, 3.8) is 0 Å². The molecule has 0 spiro atoms. The van der Waals surface area contributed by atoms with Crippen LogP contribution in [0.25, 0.3) is 5.69 Å². The Bertz CT molecular complexity index is 730. The van der Waals surface area contributed by atoms with Gasteiger partial charge >= 0.3 is 5.69 Å². The van der Waals surface area contributed by atoms with Gasteiger partial charge in [0.2, 0.25) is 0 Å². The van der Waals surface area contributed by atoms with Crippen LogP contribution in [0.4, 0.5) is 5.69 Å². The molecule has 1 aliphatic heterocycles. The molecule has 1 aromatic heterocycles. The number of aryl methyl sites for hydroxylation is 1.